The van der Waals surface area contributed by atoms with Gasteiger partial charge in [0.1, 0.15) is 17.2 Å². The van der Waals surface area contributed by atoms with E-state index in [-0.39, 0.29) is 28.1 Å². The molecule has 0 unspecified atom stereocenters. The maximum atomic E-state index is 12.1. The molecule has 0 amide bonds. The highest BCUT2D eigenvalue weighted by atomic mass is 16.1. The Hall–Kier alpha value is -2.05. The molecule has 0 fully saturated rings. The number of aromatic amines is 1. The Morgan fingerprint density at radius 3 is 2.44 bits per heavy atom. The van der Waals surface area contributed by atoms with Crippen molar-refractivity contribution in [2.75, 3.05) is 11.5 Å². The number of aromatic nitrogens is 4. The minimum Gasteiger partial charge on any atom is -0.393 e. The number of H-pyrrole nitrogens is 1. The second-order valence-electron chi connectivity index (χ2n) is 4.70. The van der Waals surface area contributed by atoms with Gasteiger partial charge in [-0.15, -0.1) is 10.2 Å². The molecule has 0 aromatic carbocycles. The standard InChI is InChI=1S/C9H14N6O/c1-9(2,3)5-8(16)15-7(13-12-5)4(10)6(11)14-15/h14H,10-11H2,1-3H3. The van der Waals surface area contributed by atoms with Crippen molar-refractivity contribution in [3.63, 3.8) is 0 Å². The van der Waals surface area contributed by atoms with Crippen LogP contribution in [0.25, 0.3) is 5.65 Å². The summed E-state index contributed by atoms with van der Waals surface area (Å²) < 4.78 is 1.22. The summed E-state index contributed by atoms with van der Waals surface area (Å²) in [6.07, 6.45) is 0. The summed E-state index contributed by atoms with van der Waals surface area (Å²) in [7, 11) is 0. The first-order valence-electron chi connectivity index (χ1n) is 4.85. The van der Waals surface area contributed by atoms with Crippen LogP contribution in [-0.4, -0.2) is 19.8 Å². The SMILES string of the molecule is CC(C)(C)c1nnc2c(N)c(N)[nH]n2c1=O. The van der Waals surface area contributed by atoms with E-state index in [1.165, 1.54) is 4.52 Å². The second kappa shape index (κ2) is 2.97. The van der Waals surface area contributed by atoms with Crippen LogP contribution in [0.4, 0.5) is 11.5 Å². The van der Waals surface area contributed by atoms with Gasteiger partial charge in [0.2, 0.25) is 5.65 Å². The predicted octanol–water partition coefficient (Wildman–Crippen LogP) is -0.121. The normalized spacial score (nSPS) is 12.2. The molecular formula is C9H14N6O. The number of fused-ring (bicyclic) bond motifs is 1. The molecule has 0 aliphatic heterocycles. The van der Waals surface area contributed by atoms with E-state index in [0.29, 0.717) is 5.69 Å². The number of hydrogen-bond acceptors (Lipinski definition) is 5. The molecule has 5 N–H and O–H groups in total. The van der Waals surface area contributed by atoms with Gasteiger partial charge in [0.25, 0.3) is 5.56 Å². The Morgan fingerprint density at radius 2 is 1.88 bits per heavy atom. The molecule has 0 bridgehead atoms. The van der Waals surface area contributed by atoms with Gasteiger partial charge in [0, 0.05) is 5.41 Å². The third-order valence-corrected chi connectivity index (χ3v) is 2.34. The quantitative estimate of drug-likeness (QED) is 0.574. The molecule has 16 heavy (non-hydrogen) atoms. The van der Waals surface area contributed by atoms with Gasteiger partial charge in [-0.25, -0.2) is 0 Å². The number of anilines is 2. The van der Waals surface area contributed by atoms with Crippen molar-refractivity contribution >= 4 is 17.2 Å². The number of nitrogens with one attached hydrogen (secondary N) is 1. The zero-order chi connectivity index (χ0) is 12.1. The number of hydrogen-bond donors (Lipinski definition) is 3. The summed E-state index contributed by atoms with van der Waals surface area (Å²) in [6.45, 7) is 5.67. The number of nitrogens with two attached hydrogens (primary N) is 2. The van der Waals surface area contributed by atoms with Crippen LogP contribution >= 0.6 is 0 Å². The third kappa shape index (κ3) is 1.32. The van der Waals surface area contributed by atoms with Gasteiger partial charge >= 0.3 is 0 Å². The first-order chi connectivity index (χ1) is 7.32. The molecule has 2 aromatic heterocycles. The van der Waals surface area contributed by atoms with Crippen LogP contribution < -0.4 is 17.0 Å². The summed E-state index contributed by atoms with van der Waals surface area (Å²) in [5, 5.41) is 10.5. The van der Waals surface area contributed by atoms with Gasteiger partial charge in [-0.1, -0.05) is 20.8 Å². The van der Waals surface area contributed by atoms with E-state index in [1.807, 2.05) is 20.8 Å². The van der Waals surface area contributed by atoms with Crippen molar-refractivity contribution in [3.8, 4) is 0 Å². The van der Waals surface area contributed by atoms with E-state index < -0.39 is 0 Å². The van der Waals surface area contributed by atoms with Crippen molar-refractivity contribution in [1.82, 2.24) is 19.8 Å². The maximum absolute atomic E-state index is 12.1. The average molecular weight is 222 g/mol. The smallest absolute Gasteiger partial charge is 0.295 e. The molecule has 2 rings (SSSR count). The molecule has 7 nitrogen and oxygen atoms in total. The van der Waals surface area contributed by atoms with Crippen molar-refractivity contribution in [2.24, 2.45) is 0 Å². The largest absolute Gasteiger partial charge is 0.393 e. The Labute approximate surface area is 91.4 Å². The summed E-state index contributed by atoms with van der Waals surface area (Å²) in [5.41, 5.74) is 11.4. The fourth-order valence-electron chi connectivity index (χ4n) is 1.44. The number of nitrogens with zero attached hydrogens (tertiary/aromatic N) is 3. The molecule has 0 radical (unpaired) electrons. The number of rotatable bonds is 0. The Kier molecular flexibility index (Phi) is 1.94. The van der Waals surface area contributed by atoms with Crippen LogP contribution in [0.15, 0.2) is 4.79 Å². The zero-order valence-corrected chi connectivity index (χ0v) is 9.40. The van der Waals surface area contributed by atoms with Crippen molar-refractivity contribution < 1.29 is 0 Å². The summed E-state index contributed by atoms with van der Waals surface area (Å²) in [4.78, 5) is 12.1. The highest BCUT2D eigenvalue weighted by Gasteiger charge is 2.23. The predicted molar refractivity (Wildman–Crippen MR) is 61.1 cm³/mol. The lowest BCUT2D eigenvalue weighted by atomic mass is 9.93. The minimum absolute atomic E-state index is 0.220. The van der Waals surface area contributed by atoms with Gasteiger partial charge in [-0.2, -0.15) is 4.52 Å². The molecular weight excluding hydrogens is 208 g/mol. The molecule has 0 aliphatic carbocycles. The molecule has 2 heterocycles. The van der Waals surface area contributed by atoms with Crippen LogP contribution in [0.2, 0.25) is 0 Å². The van der Waals surface area contributed by atoms with Gasteiger partial charge in [-0.05, 0) is 0 Å². The summed E-state index contributed by atoms with van der Waals surface area (Å²) in [5.74, 6) is 0.220. The zero-order valence-electron chi connectivity index (χ0n) is 9.40. The van der Waals surface area contributed by atoms with Crippen LogP contribution in [0.5, 0.6) is 0 Å². The van der Waals surface area contributed by atoms with Gasteiger partial charge < -0.3 is 11.5 Å². The Morgan fingerprint density at radius 1 is 1.25 bits per heavy atom. The minimum atomic E-state index is -0.375. The van der Waals surface area contributed by atoms with Gasteiger partial charge in [0.05, 0.1) is 0 Å². The molecule has 7 heteroatoms. The molecule has 0 aliphatic rings. The monoisotopic (exact) mass is 222 g/mol. The van der Waals surface area contributed by atoms with Crippen LogP contribution in [0, 0.1) is 0 Å². The molecule has 0 atom stereocenters. The van der Waals surface area contributed by atoms with Crippen LogP contribution in [0.1, 0.15) is 26.5 Å². The fourth-order valence-corrected chi connectivity index (χ4v) is 1.44. The van der Waals surface area contributed by atoms with Crippen LogP contribution in [0.3, 0.4) is 0 Å². The molecule has 86 valence electrons. The molecule has 2 aromatic rings. The van der Waals surface area contributed by atoms with Crippen molar-refractivity contribution in [1.29, 1.82) is 0 Å². The Balaban J connectivity index is 2.86. The van der Waals surface area contributed by atoms with E-state index in [9.17, 15) is 4.79 Å². The third-order valence-electron chi connectivity index (χ3n) is 2.34. The topological polar surface area (TPSA) is 115 Å². The molecule has 0 spiro atoms. The van der Waals surface area contributed by atoms with Crippen molar-refractivity contribution in [3.05, 3.63) is 16.0 Å². The fraction of sp³-hybridized carbons (Fsp3) is 0.444. The lowest BCUT2D eigenvalue weighted by molar-refractivity contribution is 0.542. The highest BCUT2D eigenvalue weighted by molar-refractivity contribution is 5.75. The van der Waals surface area contributed by atoms with Crippen LogP contribution in [-0.2, 0) is 5.41 Å². The van der Waals surface area contributed by atoms with E-state index in [1.54, 1.807) is 0 Å². The first kappa shape index (κ1) is 10.5. The number of nitrogen functional groups attached to an aromatic ring is 2. The van der Waals surface area contributed by atoms with E-state index >= 15 is 0 Å². The highest BCUT2D eigenvalue weighted by Crippen LogP contribution is 2.19. The lowest BCUT2D eigenvalue weighted by Crippen LogP contribution is -2.30. The molecule has 0 saturated carbocycles. The van der Waals surface area contributed by atoms with Crippen molar-refractivity contribution in [2.45, 2.75) is 26.2 Å². The summed E-state index contributed by atoms with van der Waals surface area (Å²) >= 11 is 0. The maximum Gasteiger partial charge on any atom is 0.295 e. The van der Waals surface area contributed by atoms with E-state index in [0.717, 1.165) is 0 Å². The summed E-state index contributed by atoms with van der Waals surface area (Å²) in [6, 6.07) is 0. The molecule has 0 saturated heterocycles. The lowest BCUT2D eigenvalue weighted by Gasteiger charge is -2.14. The Bertz CT molecular complexity index is 603. The average Bonchev–Trinajstić information content (AvgIpc) is 2.44. The first-order valence-corrected chi connectivity index (χ1v) is 4.85. The van der Waals surface area contributed by atoms with Gasteiger partial charge in [0.15, 0.2) is 0 Å². The van der Waals surface area contributed by atoms with E-state index in [4.69, 9.17) is 11.5 Å². The van der Waals surface area contributed by atoms with E-state index in [2.05, 4.69) is 15.3 Å². The van der Waals surface area contributed by atoms with Gasteiger partial charge in [-0.3, -0.25) is 9.89 Å². The second-order valence-corrected chi connectivity index (χ2v) is 4.70.